The van der Waals surface area contributed by atoms with Crippen LogP contribution in [0.1, 0.15) is 21.9 Å². The first kappa shape index (κ1) is 14.0. The van der Waals surface area contributed by atoms with Crippen molar-refractivity contribution in [2.75, 3.05) is 0 Å². The van der Waals surface area contributed by atoms with E-state index in [1.165, 1.54) is 18.2 Å². The van der Waals surface area contributed by atoms with Gasteiger partial charge in [-0.3, -0.25) is 10.2 Å². The molecule has 0 bridgehead atoms. The number of carbonyl (C=O) groups is 1. The Morgan fingerprint density at radius 2 is 2.20 bits per heavy atom. The average molecular weight is 282 g/mol. The van der Waals surface area contributed by atoms with E-state index < -0.39 is 17.5 Å². The van der Waals surface area contributed by atoms with Crippen LogP contribution in [0.2, 0.25) is 0 Å². The van der Waals surface area contributed by atoms with Crippen molar-refractivity contribution in [3.05, 3.63) is 53.0 Å². The number of benzene rings is 1. The van der Waals surface area contributed by atoms with Gasteiger partial charge in [0.2, 0.25) is 5.82 Å². The SMILES string of the molecule is Cc1oc(C(=O)NN)cc1COc1cccc(F)c1F. The fourth-order valence-electron chi connectivity index (χ4n) is 1.60. The summed E-state index contributed by atoms with van der Waals surface area (Å²) in [5.74, 6) is 2.58. The van der Waals surface area contributed by atoms with Gasteiger partial charge in [0.1, 0.15) is 12.4 Å². The van der Waals surface area contributed by atoms with Crippen LogP contribution in [0.15, 0.2) is 28.7 Å². The topological polar surface area (TPSA) is 77.5 Å². The molecule has 0 radical (unpaired) electrons. The smallest absolute Gasteiger partial charge is 0.300 e. The normalized spacial score (nSPS) is 10.4. The third-order valence-electron chi connectivity index (χ3n) is 2.67. The highest BCUT2D eigenvalue weighted by atomic mass is 19.2. The minimum absolute atomic E-state index is 0.0170. The second kappa shape index (κ2) is 5.70. The number of aryl methyl sites for hydroxylation is 1. The zero-order valence-electron chi connectivity index (χ0n) is 10.6. The van der Waals surface area contributed by atoms with Gasteiger partial charge in [0.05, 0.1) is 0 Å². The Labute approximate surface area is 113 Å². The van der Waals surface area contributed by atoms with Crippen LogP contribution in [0.25, 0.3) is 0 Å². The number of ether oxygens (including phenoxy) is 1. The second-order valence-electron chi connectivity index (χ2n) is 4.01. The lowest BCUT2D eigenvalue weighted by Crippen LogP contribution is -2.29. The number of hydrazine groups is 1. The molecule has 2 aromatic rings. The standard InChI is InChI=1S/C13H12F2N2O3/c1-7-8(5-11(20-7)13(18)17-16)6-19-10-4-2-3-9(14)12(10)15/h2-5H,6,16H2,1H3,(H,17,18). The van der Waals surface area contributed by atoms with E-state index >= 15 is 0 Å². The van der Waals surface area contributed by atoms with Crippen LogP contribution in [-0.4, -0.2) is 5.91 Å². The van der Waals surface area contributed by atoms with E-state index in [4.69, 9.17) is 15.0 Å². The molecule has 1 aromatic heterocycles. The lowest BCUT2D eigenvalue weighted by atomic mass is 10.2. The number of halogens is 2. The Kier molecular flexibility index (Phi) is 3.99. The van der Waals surface area contributed by atoms with Crippen LogP contribution in [-0.2, 0) is 6.61 Å². The summed E-state index contributed by atoms with van der Waals surface area (Å²) < 4.78 is 36.7. The van der Waals surface area contributed by atoms with Crippen molar-refractivity contribution in [3.63, 3.8) is 0 Å². The average Bonchev–Trinajstić information content (AvgIpc) is 2.81. The van der Waals surface area contributed by atoms with Gasteiger partial charge in [-0.25, -0.2) is 10.2 Å². The van der Waals surface area contributed by atoms with Gasteiger partial charge in [-0.1, -0.05) is 6.07 Å². The molecule has 1 aromatic carbocycles. The van der Waals surface area contributed by atoms with E-state index in [-0.39, 0.29) is 18.1 Å². The van der Waals surface area contributed by atoms with Gasteiger partial charge in [-0.2, -0.15) is 4.39 Å². The zero-order valence-corrected chi connectivity index (χ0v) is 10.6. The van der Waals surface area contributed by atoms with Crippen molar-refractivity contribution in [1.29, 1.82) is 0 Å². The minimum Gasteiger partial charge on any atom is -0.486 e. The molecule has 0 aliphatic heterocycles. The predicted octanol–water partition coefficient (Wildman–Crippen LogP) is 2.05. The highest BCUT2D eigenvalue weighted by Gasteiger charge is 2.15. The molecule has 2 rings (SSSR count). The third kappa shape index (κ3) is 2.77. The molecule has 1 amide bonds. The Hall–Kier alpha value is -2.41. The first-order chi connectivity index (χ1) is 9.52. The summed E-state index contributed by atoms with van der Waals surface area (Å²) in [5, 5.41) is 0. The molecule has 3 N–H and O–H groups in total. The number of nitrogen functional groups attached to an aromatic ring is 1. The third-order valence-corrected chi connectivity index (χ3v) is 2.67. The van der Waals surface area contributed by atoms with Crippen molar-refractivity contribution in [2.45, 2.75) is 13.5 Å². The Bertz CT molecular complexity index is 641. The van der Waals surface area contributed by atoms with Gasteiger partial charge >= 0.3 is 5.91 Å². The van der Waals surface area contributed by atoms with Crippen molar-refractivity contribution in [1.82, 2.24) is 5.43 Å². The fraction of sp³-hybridized carbons (Fsp3) is 0.154. The summed E-state index contributed by atoms with van der Waals surface area (Å²) in [6.07, 6.45) is 0. The van der Waals surface area contributed by atoms with Gasteiger partial charge in [-0.05, 0) is 25.1 Å². The lowest BCUT2D eigenvalue weighted by Gasteiger charge is -2.06. The molecule has 106 valence electrons. The van der Waals surface area contributed by atoms with Gasteiger partial charge in [0.25, 0.3) is 0 Å². The minimum atomic E-state index is -1.06. The molecule has 1 heterocycles. The number of hydrogen-bond donors (Lipinski definition) is 2. The number of rotatable bonds is 4. The molecule has 0 spiro atoms. The quantitative estimate of drug-likeness (QED) is 0.511. The summed E-state index contributed by atoms with van der Waals surface area (Å²) in [5.41, 5.74) is 2.46. The molecule has 0 atom stereocenters. The van der Waals surface area contributed by atoms with Gasteiger partial charge in [0.15, 0.2) is 17.3 Å². The molecule has 20 heavy (non-hydrogen) atoms. The maximum absolute atomic E-state index is 13.4. The first-order valence-corrected chi connectivity index (χ1v) is 5.70. The van der Waals surface area contributed by atoms with Crippen LogP contribution in [0.4, 0.5) is 8.78 Å². The molecular weight excluding hydrogens is 270 g/mol. The maximum Gasteiger partial charge on any atom is 0.300 e. The van der Waals surface area contributed by atoms with Crippen LogP contribution in [0.3, 0.4) is 0 Å². The van der Waals surface area contributed by atoms with Crippen molar-refractivity contribution < 1.29 is 22.7 Å². The van der Waals surface area contributed by atoms with Crippen LogP contribution >= 0.6 is 0 Å². The highest BCUT2D eigenvalue weighted by Crippen LogP contribution is 2.22. The molecule has 0 aliphatic rings. The van der Waals surface area contributed by atoms with Gasteiger partial charge < -0.3 is 9.15 Å². The van der Waals surface area contributed by atoms with E-state index in [1.54, 1.807) is 6.92 Å². The van der Waals surface area contributed by atoms with Crippen LogP contribution in [0, 0.1) is 18.6 Å². The Balaban J connectivity index is 2.13. The highest BCUT2D eigenvalue weighted by molar-refractivity contribution is 5.91. The van der Waals surface area contributed by atoms with E-state index in [9.17, 15) is 13.6 Å². The Morgan fingerprint density at radius 3 is 2.90 bits per heavy atom. The zero-order chi connectivity index (χ0) is 14.7. The van der Waals surface area contributed by atoms with Gasteiger partial charge in [0, 0.05) is 5.56 Å². The number of nitrogens with two attached hydrogens (primary N) is 1. The predicted molar refractivity (Wildman–Crippen MR) is 65.8 cm³/mol. The number of nitrogens with one attached hydrogen (secondary N) is 1. The van der Waals surface area contributed by atoms with Gasteiger partial charge in [-0.15, -0.1) is 0 Å². The Morgan fingerprint density at radius 1 is 1.45 bits per heavy atom. The molecule has 0 fully saturated rings. The monoisotopic (exact) mass is 282 g/mol. The number of carbonyl (C=O) groups excluding carboxylic acids is 1. The molecule has 0 aliphatic carbocycles. The number of hydrogen-bond acceptors (Lipinski definition) is 4. The summed E-state index contributed by atoms with van der Waals surface area (Å²) in [6.45, 7) is 1.56. The molecule has 5 nitrogen and oxygen atoms in total. The van der Waals surface area contributed by atoms with E-state index in [1.807, 2.05) is 5.43 Å². The number of furan rings is 1. The first-order valence-electron chi connectivity index (χ1n) is 5.70. The maximum atomic E-state index is 13.4. The summed E-state index contributed by atoms with van der Waals surface area (Å²) in [4.78, 5) is 11.3. The molecular formula is C13H12F2N2O3. The molecule has 0 saturated carbocycles. The molecule has 0 saturated heterocycles. The van der Waals surface area contributed by atoms with E-state index in [2.05, 4.69) is 0 Å². The van der Waals surface area contributed by atoms with E-state index in [0.29, 0.717) is 11.3 Å². The molecule has 7 heteroatoms. The lowest BCUT2D eigenvalue weighted by molar-refractivity contribution is 0.0924. The van der Waals surface area contributed by atoms with Crippen molar-refractivity contribution in [2.24, 2.45) is 5.84 Å². The second-order valence-corrected chi connectivity index (χ2v) is 4.01. The molecule has 0 unspecified atom stereocenters. The largest absolute Gasteiger partial charge is 0.486 e. The fourth-order valence-corrected chi connectivity index (χ4v) is 1.60. The summed E-state index contributed by atoms with van der Waals surface area (Å²) in [6, 6.07) is 5.06. The number of amides is 1. The van der Waals surface area contributed by atoms with E-state index in [0.717, 1.165) is 6.07 Å². The van der Waals surface area contributed by atoms with Crippen LogP contribution in [0.5, 0.6) is 5.75 Å². The van der Waals surface area contributed by atoms with Crippen molar-refractivity contribution >= 4 is 5.91 Å². The summed E-state index contributed by atoms with van der Waals surface area (Å²) >= 11 is 0. The summed E-state index contributed by atoms with van der Waals surface area (Å²) in [7, 11) is 0. The van der Waals surface area contributed by atoms with Crippen LogP contribution < -0.4 is 16.0 Å². The van der Waals surface area contributed by atoms with Crippen molar-refractivity contribution in [3.8, 4) is 5.75 Å².